The number of hydrogen-bond acceptors (Lipinski definition) is 0. The quantitative estimate of drug-likeness (QED) is 0.516. The number of fused-ring (bicyclic) bond motifs is 2. The van der Waals surface area contributed by atoms with E-state index in [1.54, 1.807) is 25.7 Å². The highest BCUT2D eigenvalue weighted by Gasteiger charge is 2.70. The van der Waals surface area contributed by atoms with Gasteiger partial charge in [0.05, 0.1) is 0 Å². The van der Waals surface area contributed by atoms with E-state index in [0.717, 1.165) is 0 Å². The molecule has 4 rings (SSSR count). The van der Waals surface area contributed by atoms with Crippen LogP contribution in [0.3, 0.4) is 0 Å². The van der Waals surface area contributed by atoms with Crippen molar-refractivity contribution in [2.24, 2.45) is 35.5 Å². The largest absolute Gasteiger partial charge is 0.0496 e. The van der Waals surface area contributed by atoms with E-state index in [-0.39, 0.29) is 0 Å². The third-order valence-corrected chi connectivity index (χ3v) is 4.91. The van der Waals surface area contributed by atoms with Gasteiger partial charge in [0.1, 0.15) is 0 Å². The summed E-state index contributed by atoms with van der Waals surface area (Å²) in [6.07, 6.45) is 6.41. The Kier molecular flexibility index (Phi) is 0.570. The van der Waals surface area contributed by atoms with E-state index >= 15 is 0 Å². The second-order valence-corrected chi connectivity index (χ2v) is 4.96. The molecule has 4 fully saturated rings. The Bertz CT molecular complexity index is 154. The Labute approximate surface area is 62.0 Å². The summed E-state index contributed by atoms with van der Waals surface area (Å²) < 4.78 is 0. The van der Waals surface area contributed by atoms with E-state index in [2.05, 4.69) is 0 Å². The Morgan fingerprint density at radius 3 is 1.00 bits per heavy atom. The van der Waals surface area contributed by atoms with Gasteiger partial charge in [-0.25, -0.2) is 0 Å². The molecule has 0 heterocycles. The van der Waals surface area contributed by atoms with Gasteiger partial charge in [0.15, 0.2) is 0 Å². The summed E-state index contributed by atoms with van der Waals surface area (Å²) in [4.78, 5) is 0. The van der Waals surface area contributed by atoms with Crippen LogP contribution < -0.4 is 0 Å². The van der Waals surface area contributed by atoms with Crippen molar-refractivity contribution in [3.63, 3.8) is 0 Å². The summed E-state index contributed by atoms with van der Waals surface area (Å²) >= 11 is 0. The van der Waals surface area contributed by atoms with Crippen molar-refractivity contribution in [1.82, 2.24) is 0 Å². The van der Waals surface area contributed by atoms with Gasteiger partial charge in [-0.3, -0.25) is 0 Å². The summed E-state index contributed by atoms with van der Waals surface area (Å²) in [7, 11) is 0. The van der Waals surface area contributed by atoms with E-state index in [4.69, 9.17) is 0 Å². The highest BCUT2D eigenvalue weighted by molar-refractivity contribution is 5.18. The van der Waals surface area contributed by atoms with Crippen LogP contribution in [0.4, 0.5) is 0 Å². The topological polar surface area (TPSA) is 0 Å². The molecule has 0 aromatic carbocycles. The Hall–Kier alpha value is 0. The van der Waals surface area contributed by atoms with E-state index in [0.29, 0.717) is 0 Å². The molecule has 0 aromatic rings. The van der Waals surface area contributed by atoms with Crippen molar-refractivity contribution in [2.45, 2.75) is 25.7 Å². The van der Waals surface area contributed by atoms with Crippen LogP contribution in [0, 0.1) is 35.5 Å². The third kappa shape index (κ3) is 0.339. The molecule has 0 N–H and O–H groups in total. The zero-order valence-corrected chi connectivity index (χ0v) is 6.29. The molecule has 0 aromatic heterocycles. The molecule has 0 radical (unpaired) electrons. The van der Waals surface area contributed by atoms with Crippen LogP contribution in [-0.2, 0) is 0 Å². The maximum absolute atomic E-state index is 1.60. The first-order valence-corrected chi connectivity index (χ1v) is 4.97. The molecule has 4 aliphatic carbocycles. The van der Waals surface area contributed by atoms with Crippen LogP contribution in [-0.4, -0.2) is 0 Å². The standard InChI is InChI=1S/C10H14/c1-2-6-5(1)9(6)10-7-3-4-8(7)10/h5-10H,1-4H2/t5-,6+,7-,8+,9?,10?. The number of rotatable bonds is 1. The smallest absolute Gasteiger partial charge is 0.0318 e. The van der Waals surface area contributed by atoms with Gasteiger partial charge in [-0.1, -0.05) is 0 Å². The molecule has 0 aliphatic heterocycles. The van der Waals surface area contributed by atoms with Gasteiger partial charge in [-0.15, -0.1) is 0 Å². The maximum atomic E-state index is 1.60. The fourth-order valence-electron chi connectivity index (χ4n) is 3.96. The van der Waals surface area contributed by atoms with E-state index in [1.165, 1.54) is 35.5 Å². The molecular weight excluding hydrogens is 120 g/mol. The van der Waals surface area contributed by atoms with Crippen molar-refractivity contribution in [2.75, 3.05) is 0 Å². The van der Waals surface area contributed by atoms with E-state index in [9.17, 15) is 0 Å². The minimum absolute atomic E-state index is 1.26. The first-order valence-electron chi connectivity index (χ1n) is 4.97. The van der Waals surface area contributed by atoms with Crippen LogP contribution >= 0.6 is 0 Å². The van der Waals surface area contributed by atoms with Crippen molar-refractivity contribution in [3.8, 4) is 0 Å². The van der Waals surface area contributed by atoms with Crippen molar-refractivity contribution in [3.05, 3.63) is 0 Å². The third-order valence-electron chi connectivity index (χ3n) is 4.91. The molecule has 0 nitrogen and oxygen atoms in total. The number of hydrogen-bond donors (Lipinski definition) is 0. The first-order chi connectivity index (χ1) is 4.97. The average Bonchev–Trinajstić information content (AvgIpc) is 2.46. The summed E-state index contributed by atoms with van der Waals surface area (Å²) in [6.45, 7) is 0. The second kappa shape index (κ2) is 1.19. The van der Waals surface area contributed by atoms with Crippen LogP contribution in [0.1, 0.15) is 25.7 Å². The lowest BCUT2D eigenvalue weighted by Crippen LogP contribution is -1.93. The summed E-state index contributed by atoms with van der Waals surface area (Å²) in [5.41, 5.74) is 0. The van der Waals surface area contributed by atoms with Gasteiger partial charge in [0.2, 0.25) is 0 Å². The predicted molar refractivity (Wildman–Crippen MR) is 39.4 cm³/mol. The minimum Gasteiger partial charge on any atom is -0.0496 e. The Morgan fingerprint density at radius 1 is 0.500 bits per heavy atom. The summed E-state index contributed by atoms with van der Waals surface area (Å²) in [5, 5.41) is 0. The van der Waals surface area contributed by atoms with Crippen molar-refractivity contribution in [1.29, 1.82) is 0 Å². The van der Waals surface area contributed by atoms with Crippen molar-refractivity contribution >= 4 is 0 Å². The van der Waals surface area contributed by atoms with Gasteiger partial charge in [-0.05, 0) is 61.2 Å². The predicted octanol–water partition coefficient (Wildman–Crippen LogP) is 2.30. The fraction of sp³-hybridized carbons (Fsp3) is 1.00. The molecule has 54 valence electrons. The van der Waals surface area contributed by atoms with Crippen LogP contribution in [0.2, 0.25) is 0 Å². The zero-order chi connectivity index (χ0) is 6.29. The van der Waals surface area contributed by atoms with Crippen LogP contribution in [0.15, 0.2) is 0 Å². The van der Waals surface area contributed by atoms with Gasteiger partial charge in [0, 0.05) is 0 Å². The first kappa shape index (κ1) is 4.79. The maximum Gasteiger partial charge on any atom is -0.0318 e. The fourth-order valence-corrected chi connectivity index (χ4v) is 3.96. The molecule has 4 saturated carbocycles. The lowest BCUT2D eigenvalue weighted by Gasteiger charge is -2.04. The van der Waals surface area contributed by atoms with Crippen LogP contribution in [0.25, 0.3) is 0 Å². The molecule has 0 heteroatoms. The highest BCUT2D eigenvalue weighted by Crippen LogP contribution is 2.76. The van der Waals surface area contributed by atoms with E-state index < -0.39 is 0 Å². The molecule has 4 aliphatic rings. The molecule has 0 spiro atoms. The monoisotopic (exact) mass is 134 g/mol. The Balaban J connectivity index is 1.58. The molecular formula is C10H14. The molecule has 10 heavy (non-hydrogen) atoms. The molecule has 0 amide bonds. The highest BCUT2D eigenvalue weighted by atomic mass is 14.7. The average molecular weight is 134 g/mol. The van der Waals surface area contributed by atoms with Gasteiger partial charge in [-0.2, -0.15) is 0 Å². The summed E-state index contributed by atoms with van der Waals surface area (Å²) in [5.74, 6) is 7.59. The second-order valence-electron chi connectivity index (χ2n) is 4.96. The van der Waals surface area contributed by atoms with Gasteiger partial charge in [0.25, 0.3) is 0 Å². The summed E-state index contributed by atoms with van der Waals surface area (Å²) in [6, 6.07) is 0. The van der Waals surface area contributed by atoms with Gasteiger partial charge >= 0.3 is 0 Å². The lowest BCUT2D eigenvalue weighted by atomic mass is 10.0. The molecule has 0 saturated heterocycles. The van der Waals surface area contributed by atoms with Gasteiger partial charge < -0.3 is 0 Å². The molecule has 2 unspecified atom stereocenters. The van der Waals surface area contributed by atoms with Crippen molar-refractivity contribution < 1.29 is 0 Å². The molecule has 0 bridgehead atoms. The minimum atomic E-state index is 1.26. The SMILES string of the molecule is C1C[C@H]2C(C3[C@H]4CC[C@@H]34)[C@@H]12. The molecule has 6 atom stereocenters. The Morgan fingerprint density at radius 2 is 0.800 bits per heavy atom. The lowest BCUT2D eigenvalue weighted by molar-refractivity contribution is 0.468. The zero-order valence-electron chi connectivity index (χ0n) is 6.29. The van der Waals surface area contributed by atoms with Crippen LogP contribution in [0.5, 0.6) is 0 Å². The van der Waals surface area contributed by atoms with E-state index in [1.807, 2.05) is 0 Å². The normalized spacial score (nSPS) is 74.4.